The lowest BCUT2D eigenvalue weighted by atomic mass is 10.2. The van der Waals surface area contributed by atoms with E-state index in [0.29, 0.717) is 0 Å². The van der Waals surface area contributed by atoms with E-state index in [1.165, 1.54) is 0 Å². The third kappa shape index (κ3) is 6.11. The zero-order valence-corrected chi connectivity index (χ0v) is 7.61. The third-order valence-electron chi connectivity index (χ3n) is 1.20. The summed E-state index contributed by atoms with van der Waals surface area (Å²) in [6.45, 7) is -1.03. The van der Waals surface area contributed by atoms with Gasteiger partial charge >= 0.3 is 16.6 Å². The summed E-state index contributed by atoms with van der Waals surface area (Å²) < 4.78 is 78.7. The summed E-state index contributed by atoms with van der Waals surface area (Å²) in [5.41, 5.74) is 0. The summed E-state index contributed by atoms with van der Waals surface area (Å²) in [7, 11) is -5.18. The molecule has 0 fully saturated rings. The second kappa shape index (κ2) is 4.89. The van der Waals surface area contributed by atoms with Crippen LogP contribution in [-0.2, 0) is 14.6 Å². The highest BCUT2D eigenvalue weighted by atomic mass is 32.3. The molecule has 9 heteroatoms. The Morgan fingerprint density at radius 1 is 1.36 bits per heavy atom. The van der Waals surface area contributed by atoms with Crippen LogP contribution in [0.5, 0.6) is 0 Å². The fourth-order valence-electron chi connectivity index (χ4n) is 0.676. The zero-order valence-electron chi connectivity index (χ0n) is 6.79. The van der Waals surface area contributed by atoms with Gasteiger partial charge in [0.05, 0.1) is 6.67 Å². The van der Waals surface area contributed by atoms with E-state index in [-0.39, 0.29) is 0 Å². The molecule has 0 radical (unpaired) electrons. The van der Waals surface area contributed by atoms with E-state index in [1.54, 1.807) is 0 Å². The predicted molar refractivity (Wildman–Crippen MR) is 37.7 cm³/mol. The summed E-state index contributed by atoms with van der Waals surface area (Å²) in [5.74, 6) is 0. The van der Waals surface area contributed by atoms with Gasteiger partial charge in [-0.25, -0.2) is 4.18 Å². The monoisotopic (exact) mass is 240 g/mol. The van der Waals surface area contributed by atoms with Crippen molar-refractivity contribution in [2.24, 2.45) is 0 Å². The average Bonchev–Trinajstić information content (AvgIpc) is 1.93. The summed E-state index contributed by atoms with van der Waals surface area (Å²) in [6, 6.07) is 0. The van der Waals surface area contributed by atoms with Crippen molar-refractivity contribution >= 4 is 10.4 Å². The molecule has 0 aliphatic heterocycles. The van der Waals surface area contributed by atoms with Crippen molar-refractivity contribution in [3.8, 4) is 0 Å². The molecule has 1 atom stereocenters. The first-order chi connectivity index (χ1) is 6.17. The summed E-state index contributed by atoms with van der Waals surface area (Å²) >= 11 is 0. The molecule has 0 bridgehead atoms. The van der Waals surface area contributed by atoms with Crippen LogP contribution >= 0.6 is 0 Å². The molecule has 4 nitrogen and oxygen atoms in total. The van der Waals surface area contributed by atoms with Crippen LogP contribution in [0.15, 0.2) is 0 Å². The first-order valence-corrected chi connectivity index (χ1v) is 4.81. The molecule has 1 N–H and O–H groups in total. The predicted octanol–water partition coefficient (Wildman–Crippen LogP) is 1.49. The molecule has 0 saturated carbocycles. The lowest BCUT2D eigenvalue weighted by Crippen LogP contribution is -2.33. The van der Waals surface area contributed by atoms with Gasteiger partial charge in [-0.15, -0.1) is 0 Å². The molecule has 14 heavy (non-hydrogen) atoms. The molecule has 0 aromatic rings. The maximum atomic E-state index is 12.0. The van der Waals surface area contributed by atoms with Gasteiger partial charge in [0, 0.05) is 0 Å². The van der Waals surface area contributed by atoms with Crippen LogP contribution in [0, 0.1) is 0 Å². The molecule has 0 aliphatic rings. The van der Waals surface area contributed by atoms with Crippen LogP contribution in [0.2, 0.25) is 0 Å². The van der Waals surface area contributed by atoms with Crippen molar-refractivity contribution in [1.82, 2.24) is 0 Å². The molecule has 0 amide bonds. The van der Waals surface area contributed by atoms with Gasteiger partial charge in [0.2, 0.25) is 0 Å². The molecule has 0 aliphatic carbocycles. The molecular formula is C5H8F4O4S. The van der Waals surface area contributed by atoms with Crippen molar-refractivity contribution in [2.75, 3.05) is 6.67 Å². The summed E-state index contributed by atoms with van der Waals surface area (Å²) in [6.07, 6.45) is -9.02. The van der Waals surface area contributed by atoms with Crippen molar-refractivity contribution in [2.45, 2.75) is 25.1 Å². The lowest BCUT2D eigenvalue weighted by Gasteiger charge is -2.17. The van der Waals surface area contributed by atoms with Crippen LogP contribution in [0.25, 0.3) is 0 Å². The minimum Gasteiger partial charge on any atom is -0.264 e. The molecule has 0 rings (SSSR count). The number of rotatable bonds is 5. The molecular weight excluding hydrogens is 232 g/mol. The molecule has 0 heterocycles. The highest BCUT2D eigenvalue weighted by molar-refractivity contribution is 7.80. The largest absolute Gasteiger partial charge is 0.416 e. The van der Waals surface area contributed by atoms with E-state index < -0.39 is 42.2 Å². The fraction of sp³-hybridized carbons (Fsp3) is 1.00. The number of alkyl halides is 4. The standard InChI is InChI=1S/C5H8F4O4S/c6-3-1-2-4(5(7,8)9)13-14(10,11)12/h4H,1-3H2,(H,10,11,12). The van der Waals surface area contributed by atoms with Crippen molar-refractivity contribution in [1.29, 1.82) is 0 Å². The number of halogens is 4. The molecule has 0 saturated heterocycles. The Labute approximate surface area is 77.8 Å². The van der Waals surface area contributed by atoms with Crippen LogP contribution in [0.1, 0.15) is 12.8 Å². The normalized spacial score (nSPS) is 15.5. The first-order valence-electron chi connectivity index (χ1n) is 3.45. The second-order valence-electron chi connectivity index (χ2n) is 2.39. The number of hydrogen-bond acceptors (Lipinski definition) is 3. The van der Waals surface area contributed by atoms with E-state index in [0.717, 1.165) is 0 Å². The van der Waals surface area contributed by atoms with Crippen LogP contribution in [0.4, 0.5) is 17.6 Å². The Balaban J connectivity index is 4.42. The highest BCUT2D eigenvalue weighted by Gasteiger charge is 2.42. The minimum absolute atomic E-state index is 0.500. The van der Waals surface area contributed by atoms with Crippen molar-refractivity contribution in [3.05, 3.63) is 0 Å². The van der Waals surface area contributed by atoms with Gasteiger partial charge in [0.15, 0.2) is 6.10 Å². The Kier molecular flexibility index (Phi) is 4.75. The van der Waals surface area contributed by atoms with E-state index in [9.17, 15) is 26.0 Å². The molecule has 86 valence electrons. The van der Waals surface area contributed by atoms with Crippen molar-refractivity contribution in [3.63, 3.8) is 0 Å². The maximum Gasteiger partial charge on any atom is 0.416 e. The Morgan fingerprint density at radius 3 is 2.14 bits per heavy atom. The van der Waals surface area contributed by atoms with Crippen LogP contribution < -0.4 is 0 Å². The van der Waals surface area contributed by atoms with Gasteiger partial charge in [-0.05, 0) is 12.8 Å². The van der Waals surface area contributed by atoms with E-state index in [1.807, 2.05) is 0 Å². The Hall–Kier alpha value is -0.410. The number of hydrogen-bond donors (Lipinski definition) is 1. The van der Waals surface area contributed by atoms with E-state index >= 15 is 0 Å². The van der Waals surface area contributed by atoms with Gasteiger partial charge in [-0.3, -0.25) is 8.94 Å². The minimum atomic E-state index is -5.18. The fourth-order valence-corrected chi connectivity index (χ4v) is 1.17. The second-order valence-corrected chi connectivity index (χ2v) is 3.43. The Bertz CT molecular complexity index is 259. The quantitative estimate of drug-likeness (QED) is 0.584. The topological polar surface area (TPSA) is 63.6 Å². The highest BCUT2D eigenvalue weighted by Crippen LogP contribution is 2.27. The Morgan fingerprint density at radius 2 is 1.86 bits per heavy atom. The van der Waals surface area contributed by atoms with E-state index in [2.05, 4.69) is 4.18 Å². The van der Waals surface area contributed by atoms with Gasteiger partial charge in [-0.1, -0.05) is 0 Å². The molecule has 1 unspecified atom stereocenters. The van der Waals surface area contributed by atoms with Gasteiger partial charge in [0.25, 0.3) is 0 Å². The SMILES string of the molecule is O=S(=O)(O)OC(CCCF)C(F)(F)F. The third-order valence-corrected chi connectivity index (χ3v) is 1.68. The zero-order chi connectivity index (χ0) is 11.4. The molecule has 0 aromatic heterocycles. The average molecular weight is 240 g/mol. The van der Waals surface area contributed by atoms with Crippen molar-refractivity contribution < 1.29 is 34.7 Å². The van der Waals surface area contributed by atoms with Crippen LogP contribution in [0.3, 0.4) is 0 Å². The summed E-state index contributed by atoms with van der Waals surface area (Å²) in [5, 5.41) is 0. The first kappa shape index (κ1) is 13.6. The summed E-state index contributed by atoms with van der Waals surface area (Å²) in [4.78, 5) is 0. The van der Waals surface area contributed by atoms with Gasteiger partial charge < -0.3 is 0 Å². The smallest absolute Gasteiger partial charge is 0.264 e. The lowest BCUT2D eigenvalue weighted by molar-refractivity contribution is -0.197. The molecule has 0 aromatic carbocycles. The van der Waals surface area contributed by atoms with E-state index in [4.69, 9.17) is 4.55 Å². The van der Waals surface area contributed by atoms with Crippen LogP contribution in [-0.4, -0.2) is 31.9 Å². The van der Waals surface area contributed by atoms with Gasteiger partial charge in [0.1, 0.15) is 0 Å². The van der Waals surface area contributed by atoms with Gasteiger partial charge in [-0.2, -0.15) is 21.6 Å². The molecule has 0 spiro atoms. The maximum absolute atomic E-state index is 12.0.